The van der Waals surface area contributed by atoms with Crippen LogP contribution in [0, 0.1) is 0 Å². The third-order valence-corrected chi connectivity index (χ3v) is 4.04. The Kier molecular flexibility index (Phi) is 4.95. The monoisotopic (exact) mass is 335 g/mol. The molecule has 0 aliphatic heterocycles. The lowest BCUT2D eigenvalue weighted by atomic mass is 10.1. The van der Waals surface area contributed by atoms with E-state index < -0.39 is 0 Å². The number of hydrogen-bond donors (Lipinski definition) is 2. The second-order valence-electron chi connectivity index (χ2n) is 6.28. The van der Waals surface area contributed by atoms with Crippen molar-refractivity contribution in [3.63, 3.8) is 0 Å². The summed E-state index contributed by atoms with van der Waals surface area (Å²) in [6.07, 6.45) is 0. The standard InChI is InChI=1S/C20H21N3O2/c1-23(2)13-15-8-4-3-7-14(15)12-21-20(25)17-11-19(24)22-18-10-6-5-9-16(17)18/h3-11H,12-13H2,1-2H3,(H,21,25)(H,22,24). The van der Waals surface area contributed by atoms with Crippen LogP contribution in [0.15, 0.2) is 59.4 Å². The first-order valence-electron chi connectivity index (χ1n) is 8.16. The van der Waals surface area contributed by atoms with E-state index in [0.717, 1.165) is 17.5 Å². The zero-order chi connectivity index (χ0) is 17.8. The molecule has 3 rings (SSSR count). The first-order chi connectivity index (χ1) is 12.0. The van der Waals surface area contributed by atoms with Gasteiger partial charge in [0.1, 0.15) is 0 Å². The van der Waals surface area contributed by atoms with Crippen LogP contribution in [0.5, 0.6) is 0 Å². The lowest BCUT2D eigenvalue weighted by Gasteiger charge is -2.15. The average molecular weight is 335 g/mol. The molecule has 0 fully saturated rings. The highest BCUT2D eigenvalue weighted by molar-refractivity contribution is 6.05. The van der Waals surface area contributed by atoms with Crippen LogP contribution < -0.4 is 10.9 Å². The van der Waals surface area contributed by atoms with Gasteiger partial charge in [0, 0.05) is 30.1 Å². The van der Waals surface area contributed by atoms with Gasteiger partial charge in [-0.25, -0.2) is 0 Å². The van der Waals surface area contributed by atoms with E-state index in [1.54, 1.807) is 6.07 Å². The third kappa shape index (κ3) is 3.95. The van der Waals surface area contributed by atoms with Crippen LogP contribution in [0.25, 0.3) is 10.9 Å². The maximum atomic E-state index is 12.6. The van der Waals surface area contributed by atoms with Gasteiger partial charge in [-0.05, 0) is 31.3 Å². The van der Waals surface area contributed by atoms with Gasteiger partial charge in [0.2, 0.25) is 5.56 Å². The number of H-pyrrole nitrogens is 1. The van der Waals surface area contributed by atoms with E-state index in [9.17, 15) is 9.59 Å². The van der Waals surface area contributed by atoms with Gasteiger partial charge in [0.15, 0.2) is 0 Å². The number of nitrogens with zero attached hydrogens (tertiary/aromatic N) is 1. The lowest BCUT2D eigenvalue weighted by Crippen LogP contribution is -2.25. The van der Waals surface area contributed by atoms with Gasteiger partial charge in [-0.1, -0.05) is 42.5 Å². The Bertz CT molecular complexity index is 960. The largest absolute Gasteiger partial charge is 0.348 e. The van der Waals surface area contributed by atoms with Crippen molar-refractivity contribution in [2.24, 2.45) is 0 Å². The summed E-state index contributed by atoms with van der Waals surface area (Å²) < 4.78 is 0. The molecule has 0 radical (unpaired) electrons. The number of carbonyl (C=O) groups excluding carboxylic acids is 1. The van der Waals surface area contributed by atoms with Crippen molar-refractivity contribution >= 4 is 16.8 Å². The van der Waals surface area contributed by atoms with Gasteiger partial charge in [-0.3, -0.25) is 9.59 Å². The van der Waals surface area contributed by atoms with Gasteiger partial charge < -0.3 is 15.2 Å². The molecule has 0 unspecified atom stereocenters. The molecule has 0 atom stereocenters. The van der Waals surface area contributed by atoms with Crippen LogP contribution in [-0.4, -0.2) is 29.9 Å². The van der Waals surface area contributed by atoms with E-state index in [2.05, 4.69) is 21.3 Å². The summed E-state index contributed by atoms with van der Waals surface area (Å²) in [4.78, 5) is 29.3. The zero-order valence-electron chi connectivity index (χ0n) is 14.4. The first-order valence-corrected chi connectivity index (χ1v) is 8.16. The highest BCUT2D eigenvalue weighted by Crippen LogP contribution is 2.15. The topological polar surface area (TPSA) is 65.2 Å². The van der Waals surface area contributed by atoms with E-state index in [0.29, 0.717) is 17.6 Å². The minimum atomic E-state index is -0.281. The van der Waals surface area contributed by atoms with E-state index >= 15 is 0 Å². The molecule has 3 aromatic rings. The Balaban J connectivity index is 1.84. The number of aromatic amines is 1. The molecule has 0 bridgehead atoms. The van der Waals surface area contributed by atoms with Crippen LogP contribution in [0.3, 0.4) is 0 Å². The molecule has 0 spiro atoms. The molecule has 25 heavy (non-hydrogen) atoms. The third-order valence-electron chi connectivity index (χ3n) is 4.04. The normalized spacial score (nSPS) is 11.0. The molecule has 2 N–H and O–H groups in total. The molecular weight excluding hydrogens is 314 g/mol. The molecule has 2 aromatic carbocycles. The Morgan fingerprint density at radius 1 is 1.04 bits per heavy atom. The number of rotatable bonds is 5. The summed E-state index contributed by atoms with van der Waals surface area (Å²) in [6.45, 7) is 1.23. The van der Waals surface area contributed by atoms with E-state index in [4.69, 9.17) is 0 Å². The molecule has 1 aromatic heterocycles. The average Bonchev–Trinajstić information content (AvgIpc) is 2.59. The van der Waals surface area contributed by atoms with Crippen molar-refractivity contribution in [2.45, 2.75) is 13.1 Å². The van der Waals surface area contributed by atoms with Crippen molar-refractivity contribution in [2.75, 3.05) is 14.1 Å². The molecule has 0 aliphatic carbocycles. The summed E-state index contributed by atoms with van der Waals surface area (Å²) in [5, 5.41) is 3.68. The van der Waals surface area contributed by atoms with Gasteiger partial charge in [-0.2, -0.15) is 0 Å². The predicted octanol–water partition coefficient (Wildman–Crippen LogP) is 2.52. The maximum Gasteiger partial charge on any atom is 0.252 e. The smallest absolute Gasteiger partial charge is 0.252 e. The summed E-state index contributed by atoms with van der Waals surface area (Å²) in [7, 11) is 4.02. The summed E-state index contributed by atoms with van der Waals surface area (Å²) in [5.74, 6) is -0.248. The number of amides is 1. The first kappa shape index (κ1) is 16.9. The maximum absolute atomic E-state index is 12.6. The van der Waals surface area contributed by atoms with Gasteiger partial charge in [0.05, 0.1) is 5.56 Å². The molecule has 1 heterocycles. The Hall–Kier alpha value is -2.92. The lowest BCUT2D eigenvalue weighted by molar-refractivity contribution is 0.0952. The second-order valence-corrected chi connectivity index (χ2v) is 6.28. The van der Waals surface area contributed by atoms with E-state index in [1.165, 1.54) is 11.6 Å². The van der Waals surface area contributed by atoms with Crippen molar-refractivity contribution in [1.82, 2.24) is 15.2 Å². The highest BCUT2D eigenvalue weighted by atomic mass is 16.2. The summed E-state index contributed by atoms with van der Waals surface area (Å²) in [6, 6.07) is 16.7. The number of hydrogen-bond acceptors (Lipinski definition) is 3. The van der Waals surface area contributed by atoms with Crippen molar-refractivity contribution in [3.8, 4) is 0 Å². The van der Waals surface area contributed by atoms with Crippen molar-refractivity contribution in [1.29, 1.82) is 0 Å². The summed E-state index contributed by atoms with van der Waals surface area (Å²) in [5.41, 5.74) is 3.01. The highest BCUT2D eigenvalue weighted by Gasteiger charge is 2.12. The van der Waals surface area contributed by atoms with Crippen molar-refractivity contribution < 1.29 is 4.79 Å². The number of para-hydroxylation sites is 1. The van der Waals surface area contributed by atoms with E-state index in [1.807, 2.05) is 50.5 Å². The predicted molar refractivity (Wildman–Crippen MR) is 99.6 cm³/mol. The van der Waals surface area contributed by atoms with Crippen LogP contribution in [-0.2, 0) is 13.1 Å². The fourth-order valence-electron chi connectivity index (χ4n) is 2.89. The zero-order valence-corrected chi connectivity index (χ0v) is 14.4. The van der Waals surface area contributed by atoms with E-state index in [-0.39, 0.29) is 11.5 Å². The van der Waals surface area contributed by atoms with Crippen LogP contribution in [0.1, 0.15) is 21.5 Å². The molecule has 0 saturated carbocycles. The van der Waals surface area contributed by atoms with Crippen LogP contribution in [0.4, 0.5) is 0 Å². The van der Waals surface area contributed by atoms with Crippen molar-refractivity contribution in [3.05, 3.63) is 81.6 Å². The number of nitrogens with one attached hydrogen (secondary N) is 2. The molecule has 0 aliphatic rings. The van der Waals surface area contributed by atoms with Crippen LogP contribution >= 0.6 is 0 Å². The Morgan fingerprint density at radius 2 is 1.72 bits per heavy atom. The SMILES string of the molecule is CN(C)Cc1ccccc1CNC(=O)c1cc(=O)[nH]c2ccccc12. The molecule has 0 saturated heterocycles. The van der Waals surface area contributed by atoms with Gasteiger partial charge in [-0.15, -0.1) is 0 Å². The minimum absolute atomic E-state index is 0.248. The number of benzene rings is 2. The number of aromatic nitrogens is 1. The Labute approximate surface area is 146 Å². The second kappa shape index (κ2) is 7.32. The molecule has 1 amide bonds. The van der Waals surface area contributed by atoms with Gasteiger partial charge in [0.25, 0.3) is 5.91 Å². The fourth-order valence-corrected chi connectivity index (χ4v) is 2.89. The minimum Gasteiger partial charge on any atom is -0.348 e. The molecule has 128 valence electrons. The molecular formula is C20H21N3O2. The Morgan fingerprint density at radius 3 is 2.48 bits per heavy atom. The van der Waals surface area contributed by atoms with Gasteiger partial charge >= 0.3 is 0 Å². The van der Waals surface area contributed by atoms with Crippen LogP contribution in [0.2, 0.25) is 0 Å². The number of pyridine rings is 1. The number of fused-ring (bicyclic) bond motifs is 1. The molecule has 5 heteroatoms. The fraction of sp³-hybridized carbons (Fsp3) is 0.200. The summed E-state index contributed by atoms with van der Waals surface area (Å²) >= 11 is 0. The number of carbonyl (C=O) groups is 1. The molecule has 5 nitrogen and oxygen atoms in total. The quantitative estimate of drug-likeness (QED) is 0.753.